The molecule has 6 heteroatoms. The Kier molecular flexibility index (Phi) is 3.40. The molecule has 0 saturated carbocycles. The summed E-state index contributed by atoms with van der Waals surface area (Å²) < 4.78 is 4.15. The first-order valence-electron chi connectivity index (χ1n) is 6.40. The molecule has 0 radical (unpaired) electrons. The molecule has 0 fully saturated rings. The molecule has 0 aliphatic rings. The molecule has 0 spiro atoms. The van der Waals surface area contributed by atoms with Gasteiger partial charge in [-0.3, -0.25) is 9.48 Å². The van der Waals surface area contributed by atoms with Crippen LogP contribution in [-0.2, 0) is 6.54 Å². The van der Waals surface area contributed by atoms with Gasteiger partial charge >= 0.3 is 0 Å². The average molecular weight is 333 g/mol. The minimum absolute atomic E-state index is 0.0657. The monoisotopic (exact) mass is 332 g/mol. The second-order valence-electron chi connectivity index (χ2n) is 4.48. The molecule has 3 heterocycles. The number of nitrogens with zero attached hydrogens (tertiary/aromatic N) is 4. The van der Waals surface area contributed by atoms with Crippen LogP contribution in [0.25, 0.3) is 5.52 Å². The van der Waals surface area contributed by atoms with Gasteiger partial charge in [0, 0.05) is 12.7 Å². The van der Waals surface area contributed by atoms with Crippen molar-refractivity contribution in [1.82, 2.24) is 19.4 Å². The molecule has 0 atom stereocenters. The molecule has 0 amide bonds. The van der Waals surface area contributed by atoms with Crippen molar-refractivity contribution in [2.24, 2.45) is 0 Å². The van der Waals surface area contributed by atoms with Crippen LogP contribution in [0.15, 0.2) is 41.3 Å². The Labute approximate surface area is 124 Å². The third-order valence-corrected chi connectivity index (χ3v) is 3.70. The third kappa shape index (κ3) is 2.06. The minimum Gasteiger partial charge on any atom is -0.287 e. The van der Waals surface area contributed by atoms with E-state index in [2.05, 4.69) is 33.1 Å². The summed E-state index contributed by atoms with van der Waals surface area (Å²) in [6.07, 6.45) is 6.01. The number of carbonyl (C=O) groups is 1. The van der Waals surface area contributed by atoms with Gasteiger partial charge in [-0.15, -0.1) is 0 Å². The van der Waals surface area contributed by atoms with Gasteiger partial charge in [-0.1, -0.05) is 13.0 Å². The van der Waals surface area contributed by atoms with Gasteiger partial charge in [-0.2, -0.15) is 10.2 Å². The normalized spacial score (nSPS) is 11.1. The van der Waals surface area contributed by atoms with Crippen LogP contribution in [0.3, 0.4) is 0 Å². The maximum Gasteiger partial charge on any atom is 0.215 e. The molecule has 0 unspecified atom stereocenters. The first kappa shape index (κ1) is 13.1. The van der Waals surface area contributed by atoms with Crippen LogP contribution in [0.1, 0.15) is 29.4 Å². The zero-order valence-electron chi connectivity index (χ0n) is 11.0. The van der Waals surface area contributed by atoms with Crippen LogP contribution >= 0.6 is 15.9 Å². The lowest BCUT2D eigenvalue weighted by Gasteiger charge is -2.05. The van der Waals surface area contributed by atoms with Gasteiger partial charge in [0.05, 0.1) is 27.9 Å². The van der Waals surface area contributed by atoms with E-state index in [4.69, 9.17) is 0 Å². The van der Waals surface area contributed by atoms with Gasteiger partial charge in [-0.25, -0.2) is 4.52 Å². The molecular formula is C14H13BrN4O. The molecule has 0 N–H and O–H groups in total. The summed E-state index contributed by atoms with van der Waals surface area (Å²) >= 11 is 3.41. The van der Waals surface area contributed by atoms with Crippen LogP contribution in [0, 0.1) is 0 Å². The SMILES string of the molecule is CCCn1ncc(Br)c1C(=O)c1cnn2ccccc12. The second kappa shape index (κ2) is 5.20. The molecule has 3 aromatic heterocycles. The Balaban J connectivity index is 2.11. The number of fused-ring (bicyclic) bond motifs is 1. The molecule has 20 heavy (non-hydrogen) atoms. The average Bonchev–Trinajstić information content (AvgIpc) is 3.03. The standard InChI is InChI=1S/C14H13BrN4O/c1-2-6-19-13(11(15)9-17-19)14(20)10-8-16-18-7-4-3-5-12(10)18/h3-5,7-9H,2,6H2,1H3. The van der Waals surface area contributed by atoms with E-state index in [0.29, 0.717) is 22.3 Å². The van der Waals surface area contributed by atoms with Crippen LogP contribution in [-0.4, -0.2) is 25.2 Å². The van der Waals surface area contributed by atoms with Crippen LogP contribution in [0.4, 0.5) is 0 Å². The quantitative estimate of drug-likeness (QED) is 0.690. The fraction of sp³-hybridized carbons (Fsp3) is 0.214. The van der Waals surface area contributed by atoms with Crippen molar-refractivity contribution in [2.75, 3.05) is 0 Å². The second-order valence-corrected chi connectivity index (χ2v) is 5.34. The first-order chi connectivity index (χ1) is 9.72. The smallest absolute Gasteiger partial charge is 0.215 e. The number of pyridine rings is 1. The summed E-state index contributed by atoms with van der Waals surface area (Å²) in [6, 6.07) is 5.66. The lowest BCUT2D eigenvalue weighted by atomic mass is 10.1. The van der Waals surface area contributed by atoms with Crippen LogP contribution in [0.2, 0.25) is 0 Å². The molecule has 0 aliphatic heterocycles. The summed E-state index contributed by atoms with van der Waals surface area (Å²) in [7, 11) is 0. The molecule has 0 bridgehead atoms. The molecule has 0 aromatic carbocycles. The molecule has 5 nitrogen and oxygen atoms in total. The highest BCUT2D eigenvalue weighted by Gasteiger charge is 2.21. The Hall–Kier alpha value is -1.95. The van der Waals surface area contributed by atoms with Gasteiger partial charge in [0.15, 0.2) is 0 Å². The number of carbonyl (C=O) groups excluding carboxylic acids is 1. The summed E-state index contributed by atoms with van der Waals surface area (Å²) in [4.78, 5) is 12.8. The van der Waals surface area contributed by atoms with Gasteiger partial charge in [0.2, 0.25) is 5.78 Å². The highest BCUT2D eigenvalue weighted by molar-refractivity contribution is 9.10. The van der Waals surface area contributed by atoms with Crippen molar-refractivity contribution in [3.05, 3.63) is 52.5 Å². The number of aromatic nitrogens is 4. The van der Waals surface area contributed by atoms with E-state index in [9.17, 15) is 4.79 Å². The van der Waals surface area contributed by atoms with E-state index in [1.807, 2.05) is 24.4 Å². The number of aryl methyl sites for hydroxylation is 1. The number of halogens is 1. The lowest BCUT2D eigenvalue weighted by molar-refractivity contribution is 0.102. The fourth-order valence-electron chi connectivity index (χ4n) is 2.21. The van der Waals surface area contributed by atoms with Gasteiger partial charge < -0.3 is 0 Å². The lowest BCUT2D eigenvalue weighted by Crippen LogP contribution is -2.12. The zero-order chi connectivity index (χ0) is 14.1. The highest BCUT2D eigenvalue weighted by atomic mass is 79.9. The summed E-state index contributed by atoms with van der Waals surface area (Å²) in [6.45, 7) is 2.77. The van der Waals surface area contributed by atoms with Crippen molar-refractivity contribution in [1.29, 1.82) is 0 Å². The predicted molar refractivity (Wildman–Crippen MR) is 78.8 cm³/mol. The molecule has 0 aliphatic carbocycles. The fourth-order valence-corrected chi connectivity index (χ4v) is 2.68. The summed E-state index contributed by atoms with van der Waals surface area (Å²) in [5, 5.41) is 8.44. The van der Waals surface area contributed by atoms with Crippen molar-refractivity contribution in [3.63, 3.8) is 0 Å². The maximum absolute atomic E-state index is 12.8. The van der Waals surface area contributed by atoms with E-state index >= 15 is 0 Å². The van der Waals surface area contributed by atoms with E-state index in [-0.39, 0.29) is 5.78 Å². The number of hydrogen-bond donors (Lipinski definition) is 0. The Morgan fingerprint density at radius 1 is 1.30 bits per heavy atom. The molecule has 3 aromatic rings. The van der Waals surface area contributed by atoms with Crippen molar-refractivity contribution in [3.8, 4) is 0 Å². The number of hydrogen-bond acceptors (Lipinski definition) is 3. The number of rotatable bonds is 4. The number of ketones is 1. The Bertz CT molecular complexity index is 774. The Morgan fingerprint density at radius 3 is 2.95 bits per heavy atom. The van der Waals surface area contributed by atoms with E-state index in [0.717, 1.165) is 11.9 Å². The molecule has 0 saturated heterocycles. The molecule has 3 rings (SSSR count). The van der Waals surface area contributed by atoms with Gasteiger partial charge in [0.25, 0.3) is 0 Å². The topological polar surface area (TPSA) is 52.2 Å². The van der Waals surface area contributed by atoms with E-state index in [1.165, 1.54) is 0 Å². The van der Waals surface area contributed by atoms with Gasteiger partial charge in [-0.05, 0) is 34.5 Å². The molecular weight excluding hydrogens is 320 g/mol. The summed E-state index contributed by atoms with van der Waals surface area (Å²) in [5.74, 6) is -0.0657. The summed E-state index contributed by atoms with van der Waals surface area (Å²) in [5.41, 5.74) is 1.96. The Morgan fingerprint density at radius 2 is 2.15 bits per heavy atom. The van der Waals surface area contributed by atoms with Crippen molar-refractivity contribution in [2.45, 2.75) is 19.9 Å². The van der Waals surface area contributed by atoms with E-state index in [1.54, 1.807) is 21.6 Å². The predicted octanol–water partition coefficient (Wildman–Crippen LogP) is 2.93. The van der Waals surface area contributed by atoms with E-state index < -0.39 is 0 Å². The maximum atomic E-state index is 12.8. The largest absolute Gasteiger partial charge is 0.287 e. The first-order valence-corrected chi connectivity index (χ1v) is 7.20. The van der Waals surface area contributed by atoms with Crippen LogP contribution < -0.4 is 0 Å². The zero-order valence-corrected chi connectivity index (χ0v) is 12.5. The highest BCUT2D eigenvalue weighted by Crippen LogP contribution is 2.22. The third-order valence-electron chi connectivity index (χ3n) is 3.12. The van der Waals surface area contributed by atoms with Crippen molar-refractivity contribution >= 4 is 27.2 Å². The molecule has 102 valence electrons. The van der Waals surface area contributed by atoms with Gasteiger partial charge in [0.1, 0.15) is 5.69 Å². The minimum atomic E-state index is -0.0657. The van der Waals surface area contributed by atoms with Crippen molar-refractivity contribution < 1.29 is 4.79 Å². The van der Waals surface area contributed by atoms with Crippen LogP contribution in [0.5, 0.6) is 0 Å².